The van der Waals surface area contributed by atoms with E-state index in [1.54, 1.807) is 7.05 Å². The molecule has 1 aromatic carbocycles. The fourth-order valence-corrected chi connectivity index (χ4v) is 2.64. The van der Waals surface area contributed by atoms with E-state index in [2.05, 4.69) is 26.2 Å². The number of carbonyl (C=O) groups excluding carboxylic acids is 1. The van der Waals surface area contributed by atoms with Crippen LogP contribution in [0.1, 0.15) is 15.9 Å². The minimum Gasteiger partial charge on any atom is -0.404 e. The number of anilines is 1. The van der Waals surface area contributed by atoms with Crippen LogP contribution in [0.25, 0.3) is 0 Å². The maximum atomic E-state index is 12.5. The minimum absolute atomic E-state index is 0.0585. The van der Waals surface area contributed by atoms with Gasteiger partial charge in [-0.05, 0) is 24.6 Å². The number of hydrazine groups is 2. The maximum absolute atomic E-state index is 12.5. The van der Waals surface area contributed by atoms with E-state index in [0.717, 1.165) is 18.4 Å². The Labute approximate surface area is 146 Å². The van der Waals surface area contributed by atoms with Crippen LogP contribution in [0.15, 0.2) is 17.2 Å². The number of hydrogen-bond donors (Lipinski definition) is 4. The lowest BCUT2D eigenvalue weighted by molar-refractivity contribution is -0.274. The van der Waals surface area contributed by atoms with Crippen molar-refractivity contribution in [3.05, 3.63) is 23.3 Å². The van der Waals surface area contributed by atoms with Crippen LogP contribution in [0.5, 0.6) is 5.75 Å². The van der Waals surface area contributed by atoms with Crippen LogP contribution in [-0.2, 0) is 10.0 Å². The Morgan fingerprint density at radius 3 is 2.50 bits per heavy atom. The van der Waals surface area contributed by atoms with Gasteiger partial charge in [-0.15, -0.1) is 23.8 Å². The molecule has 4 N–H and O–H groups in total. The third-order valence-corrected chi connectivity index (χ3v) is 3.68. The Morgan fingerprint density at radius 2 is 2.00 bits per heavy atom. The van der Waals surface area contributed by atoms with Crippen molar-refractivity contribution in [2.24, 2.45) is 5.10 Å². The molecule has 1 amide bonds. The van der Waals surface area contributed by atoms with Gasteiger partial charge in [-0.2, -0.15) is 0 Å². The highest BCUT2D eigenvalue weighted by Crippen LogP contribution is 2.35. The van der Waals surface area contributed by atoms with Crippen molar-refractivity contribution in [1.82, 2.24) is 21.4 Å². The van der Waals surface area contributed by atoms with Crippen molar-refractivity contribution in [1.29, 1.82) is 0 Å². The van der Waals surface area contributed by atoms with Crippen LogP contribution >= 0.6 is 0 Å². The van der Waals surface area contributed by atoms with Gasteiger partial charge in [0.05, 0.1) is 11.9 Å². The molecular weight excluding hydrogens is 381 g/mol. The molecule has 144 valence electrons. The molecule has 0 atom stereocenters. The Balaban J connectivity index is 2.42. The molecule has 0 saturated carbocycles. The second-order valence-corrected chi connectivity index (χ2v) is 6.95. The molecule has 10 nitrogen and oxygen atoms in total. The molecular formula is C12H15F3N6O4S. The number of nitrogens with zero attached hydrogens (tertiary/aromatic N) is 2. The molecule has 0 aromatic heterocycles. The van der Waals surface area contributed by atoms with Crippen molar-refractivity contribution in [3.63, 3.8) is 0 Å². The number of sulfonamides is 1. The largest absolute Gasteiger partial charge is 0.573 e. The molecule has 26 heavy (non-hydrogen) atoms. The number of rotatable bonds is 4. The molecule has 0 fully saturated rings. The minimum atomic E-state index is -5.04. The van der Waals surface area contributed by atoms with Gasteiger partial charge >= 0.3 is 6.36 Å². The highest BCUT2D eigenvalue weighted by molar-refractivity contribution is 7.92. The molecule has 2 rings (SSSR count). The van der Waals surface area contributed by atoms with Gasteiger partial charge in [-0.25, -0.2) is 14.0 Å². The summed E-state index contributed by atoms with van der Waals surface area (Å²) in [6.07, 6.45) is -4.28. The van der Waals surface area contributed by atoms with Gasteiger partial charge in [-0.1, -0.05) is 0 Å². The topological polar surface area (TPSA) is 124 Å². The van der Waals surface area contributed by atoms with Crippen molar-refractivity contribution in [2.75, 3.05) is 18.0 Å². The lowest BCUT2D eigenvalue weighted by Crippen LogP contribution is -2.45. The fraction of sp³-hybridized carbons (Fsp3) is 0.333. The van der Waals surface area contributed by atoms with E-state index in [1.807, 2.05) is 4.72 Å². The summed E-state index contributed by atoms with van der Waals surface area (Å²) in [6, 6.07) is 1.93. The molecule has 1 heterocycles. The lowest BCUT2D eigenvalue weighted by atomic mass is 10.1. The van der Waals surface area contributed by atoms with Crippen molar-refractivity contribution in [2.45, 2.75) is 13.3 Å². The predicted molar refractivity (Wildman–Crippen MR) is 85.3 cm³/mol. The number of benzene rings is 1. The zero-order valence-corrected chi connectivity index (χ0v) is 14.5. The Bertz CT molecular complexity index is 855. The van der Waals surface area contributed by atoms with Crippen LogP contribution in [-0.4, -0.2) is 45.0 Å². The number of halogens is 3. The molecule has 0 bridgehead atoms. The summed E-state index contributed by atoms with van der Waals surface area (Å²) in [5, 5.41) is 7.48. The zero-order chi connectivity index (χ0) is 19.7. The number of hydrogen-bond acceptors (Lipinski definition) is 8. The molecule has 0 radical (unpaired) electrons. The number of hydrazone groups is 1. The van der Waals surface area contributed by atoms with E-state index in [-0.39, 0.29) is 17.1 Å². The molecule has 0 saturated heterocycles. The summed E-state index contributed by atoms with van der Waals surface area (Å²) in [5.41, 5.74) is 4.31. The third kappa shape index (κ3) is 4.89. The normalized spacial score (nSPS) is 14.5. The first-order valence-corrected chi connectivity index (χ1v) is 8.77. The van der Waals surface area contributed by atoms with Crippen LogP contribution in [0.2, 0.25) is 0 Å². The first-order chi connectivity index (χ1) is 11.9. The Morgan fingerprint density at radius 1 is 1.35 bits per heavy atom. The Kier molecular flexibility index (Phi) is 5.18. The van der Waals surface area contributed by atoms with Gasteiger partial charge in [-0.3, -0.25) is 19.8 Å². The summed E-state index contributed by atoms with van der Waals surface area (Å²) in [7, 11) is -2.39. The van der Waals surface area contributed by atoms with Crippen LogP contribution in [0.4, 0.5) is 18.9 Å². The maximum Gasteiger partial charge on any atom is 0.573 e. The standard InChI is InChI=1S/C12H15F3N6O4S/c1-6-7(10(22)16-11-17-19-20-21(11)2)4-5-8(25-12(13,14)15)9(6)18-26(3,23)24/h4-5,18-20H,1-3H3,(H,16,17,22). The van der Waals surface area contributed by atoms with Gasteiger partial charge < -0.3 is 4.74 Å². The van der Waals surface area contributed by atoms with Gasteiger partial charge in [0.25, 0.3) is 5.91 Å². The predicted octanol–water partition coefficient (Wildman–Crippen LogP) is 0.221. The van der Waals surface area contributed by atoms with Crippen LogP contribution < -0.4 is 25.8 Å². The highest BCUT2D eigenvalue weighted by Gasteiger charge is 2.33. The van der Waals surface area contributed by atoms with Crippen molar-refractivity contribution < 1.29 is 31.1 Å². The summed E-state index contributed by atoms with van der Waals surface area (Å²) >= 11 is 0. The summed E-state index contributed by atoms with van der Waals surface area (Å²) in [6.45, 7) is 1.28. The van der Waals surface area contributed by atoms with E-state index < -0.39 is 33.7 Å². The summed E-state index contributed by atoms with van der Waals surface area (Å²) < 4.78 is 66.4. The first kappa shape index (κ1) is 19.6. The van der Waals surface area contributed by atoms with Gasteiger partial charge in [0.2, 0.25) is 16.0 Å². The number of alkyl halides is 3. The average molecular weight is 396 g/mol. The number of guanidine groups is 1. The van der Waals surface area contributed by atoms with Gasteiger partial charge in [0.15, 0.2) is 5.75 Å². The monoisotopic (exact) mass is 396 g/mol. The Hall–Kier alpha value is -2.74. The first-order valence-electron chi connectivity index (χ1n) is 6.88. The van der Waals surface area contributed by atoms with Crippen molar-refractivity contribution >= 4 is 27.6 Å². The van der Waals surface area contributed by atoms with Crippen LogP contribution in [0.3, 0.4) is 0 Å². The molecule has 0 aliphatic carbocycles. The summed E-state index contributed by atoms with van der Waals surface area (Å²) in [4.78, 5) is 12.4. The number of nitrogens with one attached hydrogen (secondary N) is 4. The molecule has 0 unspecified atom stereocenters. The van der Waals surface area contributed by atoms with Crippen LogP contribution in [0, 0.1) is 6.92 Å². The van der Waals surface area contributed by atoms with E-state index in [9.17, 15) is 26.4 Å². The third-order valence-electron chi connectivity index (χ3n) is 3.11. The number of carbonyl (C=O) groups is 1. The second-order valence-electron chi connectivity index (χ2n) is 5.21. The SMILES string of the molecule is Cc1c(C(=O)NC2=NNNN2C)ccc(OC(F)(F)F)c1NS(C)(=O)=O. The average Bonchev–Trinajstić information content (AvgIpc) is 2.85. The fourth-order valence-electron chi connectivity index (χ4n) is 2.02. The van der Waals surface area contributed by atoms with E-state index in [4.69, 9.17) is 0 Å². The molecule has 1 aromatic rings. The quantitative estimate of drug-likeness (QED) is 0.574. The van der Waals surface area contributed by atoms with Gasteiger partial charge in [0, 0.05) is 12.6 Å². The second kappa shape index (κ2) is 6.87. The zero-order valence-electron chi connectivity index (χ0n) is 13.7. The smallest absolute Gasteiger partial charge is 0.404 e. The number of ether oxygens (including phenoxy) is 1. The molecule has 0 spiro atoms. The van der Waals surface area contributed by atoms with Crippen molar-refractivity contribution in [3.8, 4) is 5.75 Å². The van der Waals surface area contributed by atoms with E-state index >= 15 is 0 Å². The molecule has 1 aliphatic heterocycles. The van der Waals surface area contributed by atoms with E-state index in [0.29, 0.717) is 0 Å². The molecule has 14 heteroatoms. The number of amides is 1. The molecule has 1 aliphatic rings. The highest BCUT2D eigenvalue weighted by atomic mass is 32.2. The van der Waals surface area contributed by atoms with Gasteiger partial charge in [0.1, 0.15) is 0 Å². The lowest BCUT2D eigenvalue weighted by Gasteiger charge is -2.18. The van der Waals surface area contributed by atoms with E-state index in [1.165, 1.54) is 11.9 Å². The summed E-state index contributed by atoms with van der Waals surface area (Å²) in [5.74, 6) is -1.40.